The van der Waals surface area contributed by atoms with Crippen molar-refractivity contribution >= 4 is 33.2 Å². The molecule has 0 aliphatic carbocycles. The first-order valence-electron chi connectivity index (χ1n) is 5.78. The monoisotopic (exact) mass is 262 g/mol. The fourth-order valence-corrected chi connectivity index (χ4v) is 2.79. The SMILES string of the molecule is COC(=O)CCCC(=O)c1csc2ccccc12. The predicted octanol–water partition coefficient (Wildman–Crippen LogP) is 3.43. The molecular weight excluding hydrogens is 248 g/mol. The molecule has 0 saturated heterocycles. The second kappa shape index (κ2) is 5.78. The van der Waals surface area contributed by atoms with Gasteiger partial charge in [0.05, 0.1) is 7.11 Å². The van der Waals surface area contributed by atoms with Crippen LogP contribution in [0.2, 0.25) is 0 Å². The highest BCUT2D eigenvalue weighted by atomic mass is 32.1. The van der Waals surface area contributed by atoms with Crippen LogP contribution in [0.3, 0.4) is 0 Å². The number of thiophene rings is 1. The van der Waals surface area contributed by atoms with Gasteiger partial charge in [-0.2, -0.15) is 0 Å². The number of ether oxygens (including phenoxy) is 1. The lowest BCUT2D eigenvalue weighted by Gasteiger charge is -2.00. The van der Waals surface area contributed by atoms with E-state index in [-0.39, 0.29) is 11.8 Å². The van der Waals surface area contributed by atoms with Crippen LogP contribution in [0, 0.1) is 0 Å². The fourth-order valence-electron chi connectivity index (χ4n) is 1.82. The van der Waals surface area contributed by atoms with E-state index in [1.54, 1.807) is 11.3 Å². The number of carbonyl (C=O) groups excluding carboxylic acids is 2. The molecule has 0 unspecified atom stereocenters. The van der Waals surface area contributed by atoms with Gasteiger partial charge in [0.25, 0.3) is 0 Å². The number of hydrogen-bond acceptors (Lipinski definition) is 4. The summed E-state index contributed by atoms with van der Waals surface area (Å²) in [6.07, 6.45) is 1.22. The molecule has 0 amide bonds. The topological polar surface area (TPSA) is 43.4 Å². The minimum absolute atomic E-state index is 0.0938. The molecule has 1 heterocycles. The molecule has 0 aliphatic rings. The number of ketones is 1. The van der Waals surface area contributed by atoms with Crippen LogP contribution in [0.5, 0.6) is 0 Å². The predicted molar refractivity (Wildman–Crippen MR) is 72.0 cm³/mol. The van der Waals surface area contributed by atoms with Gasteiger partial charge in [0.2, 0.25) is 0 Å². The largest absolute Gasteiger partial charge is 0.469 e. The summed E-state index contributed by atoms with van der Waals surface area (Å²) in [5, 5.41) is 2.90. The standard InChI is InChI=1S/C14H14O3S/c1-17-14(16)8-4-6-12(15)11-9-18-13-7-3-2-5-10(11)13/h2-3,5,7,9H,4,6,8H2,1H3. The maximum atomic E-state index is 12.0. The van der Waals surface area contributed by atoms with Crippen molar-refractivity contribution in [2.45, 2.75) is 19.3 Å². The van der Waals surface area contributed by atoms with Crippen LogP contribution in [-0.2, 0) is 9.53 Å². The summed E-state index contributed by atoms with van der Waals surface area (Å²) in [4.78, 5) is 23.0. The second-order valence-electron chi connectivity index (χ2n) is 4.00. The molecule has 0 atom stereocenters. The van der Waals surface area contributed by atoms with Gasteiger partial charge in [0.1, 0.15) is 0 Å². The Morgan fingerprint density at radius 2 is 2.00 bits per heavy atom. The minimum Gasteiger partial charge on any atom is -0.469 e. The summed E-state index contributed by atoms with van der Waals surface area (Å²) in [5.74, 6) is -0.172. The fraction of sp³-hybridized carbons (Fsp3) is 0.286. The van der Waals surface area contributed by atoms with Crippen LogP contribution < -0.4 is 0 Å². The van der Waals surface area contributed by atoms with Crippen molar-refractivity contribution in [2.75, 3.05) is 7.11 Å². The number of benzene rings is 1. The zero-order valence-corrected chi connectivity index (χ0v) is 11.0. The van der Waals surface area contributed by atoms with Crippen LogP contribution in [0.25, 0.3) is 10.1 Å². The van der Waals surface area contributed by atoms with E-state index in [2.05, 4.69) is 4.74 Å². The first-order chi connectivity index (χ1) is 8.72. The molecular formula is C14H14O3S. The number of hydrogen-bond donors (Lipinski definition) is 0. The van der Waals surface area contributed by atoms with Crippen LogP contribution in [0.4, 0.5) is 0 Å². The van der Waals surface area contributed by atoms with Crippen molar-refractivity contribution in [3.05, 3.63) is 35.2 Å². The summed E-state index contributed by atoms with van der Waals surface area (Å²) in [6, 6.07) is 7.86. The third-order valence-electron chi connectivity index (χ3n) is 2.79. The third-order valence-corrected chi connectivity index (χ3v) is 3.76. The Hall–Kier alpha value is -1.68. The van der Waals surface area contributed by atoms with E-state index >= 15 is 0 Å². The highest BCUT2D eigenvalue weighted by Crippen LogP contribution is 2.26. The Kier molecular flexibility index (Phi) is 4.10. The minimum atomic E-state index is -0.266. The molecule has 0 fully saturated rings. The van der Waals surface area contributed by atoms with Crippen LogP contribution in [0.15, 0.2) is 29.6 Å². The molecule has 0 saturated carbocycles. The average Bonchev–Trinajstić information content (AvgIpc) is 2.82. The molecule has 94 valence electrons. The van der Waals surface area contributed by atoms with Gasteiger partial charge in [-0.05, 0) is 12.5 Å². The van der Waals surface area contributed by atoms with Crippen molar-refractivity contribution in [3.63, 3.8) is 0 Å². The number of esters is 1. The Balaban J connectivity index is 2.03. The van der Waals surface area contributed by atoms with Crippen molar-refractivity contribution in [2.24, 2.45) is 0 Å². The molecule has 0 N–H and O–H groups in total. The van der Waals surface area contributed by atoms with Gasteiger partial charge in [0, 0.05) is 33.9 Å². The van der Waals surface area contributed by atoms with E-state index in [0.29, 0.717) is 19.3 Å². The highest BCUT2D eigenvalue weighted by molar-refractivity contribution is 7.17. The first kappa shape index (κ1) is 12.8. The maximum Gasteiger partial charge on any atom is 0.305 e. The zero-order valence-electron chi connectivity index (χ0n) is 10.1. The summed E-state index contributed by atoms with van der Waals surface area (Å²) in [5.41, 5.74) is 0.764. The van der Waals surface area contributed by atoms with E-state index < -0.39 is 0 Å². The molecule has 18 heavy (non-hydrogen) atoms. The molecule has 4 heteroatoms. The van der Waals surface area contributed by atoms with E-state index in [9.17, 15) is 9.59 Å². The lowest BCUT2D eigenvalue weighted by Crippen LogP contribution is -2.03. The molecule has 1 aromatic carbocycles. The van der Waals surface area contributed by atoms with Crippen LogP contribution >= 0.6 is 11.3 Å². The summed E-state index contributed by atoms with van der Waals surface area (Å²) >= 11 is 1.57. The second-order valence-corrected chi connectivity index (χ2v) is 4.91. The first-order valence-corrected chi connectivity index (χ1v) is 6.66. The molecule has 0 radical (unpaired) electrons. The average molecular weight is 262 g/mol. The normalized spacial score (nSPS) is 10.5. The van der Waals surface area contributed by atoms with Gasteiger partial charge in [0.15, 0.2) is 5.78 Å². The molecule has 0 bridgehead atoms. The lowest BCUT2D eigenvalue weighted by molar-refractivity contribution is -0.140. The molecule has 0 aliphatic heterocycles. The Morgan fingerprint density at radius 1 is 1.22 bits per heavy atom. The Bertz CT molecular complexity index is 571. The molecule has 1 aromatic heterocycles. The number of methoxy groups -OCH3 is 1. The third kappa shape index (κ3) is 2.76. The number of fused-ring (bicyclic) bond motifs is 1. The number of carbonyl (C=O) groups is 2. The van der Waals surface area contributed by atoms with Crippen molar-refractivity contribution in [3.8, 4) is 0 Å². The lowest BCUT2D eigenvalue weighted by atomic mass is 10.0. The van der Waals surface area contributed by atoms with Gasteiger partial charge in [-0.1, -0.05) is 18.2 Å². The quantitative estimate of drug-likeness (QED) is 0.612. The molecule has 2 rings (SSSR count). The van der Waals surface area contributed by atoms with Gasteiger partial charge >= 0.3 is 5.97 Å². The van der Waals surface area contributed by atoms with E-state index in [1.165, 1.54) is 7.11 Å². The van der Waals surface area contributed by atoms with E-state index in [1.807, 2.05) is 29.6 Å². The van der Waals surface area contributed by atoms with Crippen molar-refractivity contribution in [1.29, 1.82) is 0 Å². The van der Waals surface area contributed by atoms with Crippen molar-refractivity contribution in [1.82, 2.24) is 0 Å². The smallest absolute Gasteiger partial charge is 0.305 e. The van der Waals surface area contributed by atoms with Gasteiger partial charge in [-0.15, -0.1) is 11.3 Å². The maximum absolute atomic E-state index is 12.0. The number of Topliss-reactive ketones (excluding diaryl/α,β-unsaturated/α-hetero) is 1. The highest BCUT2D eigenvalue weighted by Gasteiger charge is 2.12. The van der Waals surface area contributed by atoms with Gasteiger partial charge < -0.3 is 4.74 Å². The molecule has 2 aromatic rings. The van der Waals surface area contributed by atoms with Crippen LogP contribution in [-0.4, -0.2) is 18.9 Å². The van der Waals surface area contributed by atoms with Crippen LogP contribution in [0.1, 0.15) is 29.6 Å². The van der Waals surface area contributed by atoms with Gasteiger partial charge in [-0.25, -0.2) is 0 Å². The number of rotatable bonds is 5. The summed E-state index contributed by atoms with van der Waals surface area (Å²) in [7, 11) is 1.36. The molecule has 0 spiro atoms. The summed E-state index contributed by atoms with van der Waals surface area (Å²) < 4.78 is 5.66. The van der Waals surface area contributed by atoms with E-state index in [0.717, 1.165) is 15.6 Å². The zero-order chi connectivity index (χ0) is 13.0. The summed E-state index contributed by atoms with van der Waals surface area (Å²) in [6.45, 7) is 0. The Labute approximate surface area is 109 Å². The van der Waals surface area contributed by atoms with E-state index in [4.69, 9.17) is 0 Å². The Morgan fingerprint density at radius 3 is 2.78 bits per heavy atom. The molecule has 3 nitrogen and oxygen atoms in total. The van der Waals surface area contributed by atoms with Gasteiger partial charge in [-0.3, -0.25) is 9.59 Å². The van der Waals surface area contributed by atoms with Crippen molar-refractivity contribution < 1.29 is 14.3 Å².